The molecule has 9 heteroatoms. The van der Waals surface area contributed by atoms with Crippen molar-refractivity contribution >= 4 is 38.3 Å². The molecule has 1 aliphatic rings. The maximum absolute atomic E-state index is 14.4. The number of benzene rings is 3. The minimum absolute atomic E-state index is 0.0133. The summed E-state index contributed by atoms with van der Waals surface area (Å²) in [5.74, 6) is -1.09. The van der Waals surface area contributed by atoms with Crippen LogP contribution >= 0.6 is 0 Å². The maximum atomic E-state index is 14.4. The zero-order valence-corrected chi connectivity index (χ0v) is 21.9. The molecule has 196 valence electrons. The van der Waals surface area contributed by atoms with E-state index in [4.69, 9.17) is 0 Å². The molecule has 37 heavy (non-hydrogen) atoms. The van der Waals surface area contributed by atoms with Crippen LogP contribution in [0.2, 0.25) is 0 Å². The molecule has 7 nitrogen and oxygen atoms in total. The molecule has 0 spiro atoms. The Morgan fingerprint density at radius 3 is 2.49 bits per heavy atom. The predicted molar refractivity (Wildman–Crippen MR) is 142 cm³/mol. The third-order valence-corrected chi connectivity index (χ3v) is 8.58. The predicted octanol–water partition coefficient (Wildman–Crippen LogP) is 4.60. The summed E-state index contributed by atoms with van der Waals surface area (Å²) in [5.41, 5.74) is 0.917. The maximum Gasteiger partial charge on any atom is 0.265 e. The van der Waals surface area contributed by atoms with E-state index >= 15 is 0 Å². The molecule has 1 heterocycles. The number of nitrogens with one attached hydrogen (secondary N) is 1. The Morgan fingerprint density at radius 1 is 1.03 bits per heavy atom. The number of sulfonamides is 1. The summed E-state index contributed by atoms with van der Waals surface area (Å²) in [5, 5.41) is 4.37. The number of nitrogens with zero attached hydrogens (tertiary/aromatic N) is 2. The largest absolute Gasteiger partial charge is 0.354 e. The van der Waals surface area contributed by atoms with Gasteiger partial charge in [-0.25, -0.2) is 12.8 Å². The molecule has 0 saturated carbocycles. The zero-order valence-electron chi connectivity index (χ0n) is 21.1. The van der Waals surface area contributed by atoms with E-state index in [2.05, 4.69) is 5.32 Å². The van der Waals surface area contributed by atoms with E-state index in [0.717, 1.165) is 18.2 Å². The summed E-state index contributed by atoms with van der Waals surface area (Å²) in [7, 11) is -3.72. The Kier molecular flexibility index (Phi) is 8.12. The second-order valence-electron chi connectivity index (χ2n) is 9.25. The molecule has 3 aromatic carbocycles. The summed E-state index contributed by atoms with van der Waals surface area (Å²) < 4.78 is 42.2. The topological polar surface area (TPSA) is 86.8 Å². The van der Waals surface area contributed by atoms with Crippen LogP contribution in [0.3, 0.4) is 0 Å². The molecular formula is C28H32FN3O4S. The van der Waals surface area contributed by atoms with Crippen LogP contribution < -0.4 is 9.62 Å². The quantitative estimate of drug-likeness (QED) is 0.371. The standard InChI is InChI=1S/C28H32FN3O4S/c1-3-4-17-30-28(34)20(2)31(19-22-10-5-6-13-23(22)29)26(33)16-9-18-32-24-14-7-11-21-12-8-15-25(27(21)24)37(32,35)36/h5-8,10-15,20H,3-4,9,16-19H2,1-2H3,(H,30,34)/t20-/m1/s1. The van der Waals surface area contributed by atoms with Gasteiger partial charge < -0.3 is 10.2 Å². The van der Waals surface area contributed by atoms with Crippen LogP contribution in [0, 0.1) is 5.82 Å². The first-order valence-corrected chi connectivity index (χ1v) is 14.0. The number of hydrogen-bond donors (Lipinski definition) is 1. The Labute approximate surface area is 217 Å². The van der Waals surface area contributed by atoms with E-state index in [9.17, 15) is 22.4 Å². The van der Waals surface area contributed by atoms with Crippen LogP contribution in [0.1, 0.15) is 45.1 Å². The first-order chi connectivity index (χ1) is 17.8. The third kappa shape index (κ3) is 5.46. The van der Waals surface area contributed by atoms with E-state index < -0.39 is 21.9 Å². The van der Waals surface area contributed by atoms with Crippen LogP contribution in [0.15, 0.2) is 65.6 Å². The first kappa shape index (κ1) is 26.6. The van der Waals surface area contributed by atoms with Crippen molar-refractivity contribution in [2.45, 2.75) is 57.0 Å². The molecule has 0 aliphatic carbocycles. The molecule has 1 aliphatic heterocycles. The molecule has 0 aromatic heterocycles. The van der Waals surface area contributed by atoms with Crippen molar-refractivity contribution in [1.82, 2.24) is 10.2 Å². The molecule has 0 unspecified atom stereocenters. The molecule has 3 aromatic rings. The summed E-state index contributed by atoms with van der Waals surface area (Å²) in [4.78, 5) is 27.7. The second kappa shape index (κ2) is 11.3. The third-order valence-electron chi connectivity index (χ3n) is 6.73. The fourth-order valence-electron chi connectivity index (χ4n) is 4.65. The molecule has 0 radical (unpaired) electrons. The van der Waals surface area contributed by atoms with Crippen LogP contribution in [0.5, 0.6) is 0 Å². The fraction of sp³-hybridized carbons (Fsp3) is 0.357. The highest BCUT2D eigenvalue weighted by atomic mass is 32.2. The van der Waals surface area contributed by atoms with Gasteiger partial charge in [-0.2, -0.15) is 0 Å². The van der Waals surface area contributed by atoms with Crippen molar-refractivity contribution in [1.29, 1.82) is 0 Å². The number of unbranched alkanes of at least 4 members (excludes halogenated alkanes) is 1. The summed E-state index contributed by atoms with van der Waals surface area (Å²) in [6, 6.07) is 16.0. The number of anilines is 1. The van der Waals surface area contributed by atoms with E-state index in [1.165, 1.54) is 15.3 Å². The van der Waals surface area contributed by atoms with Crippen molar-refractivity contribution < 1.29 is 22.4 Å². The van der Waals surface area contributed by atoms with Gasteiger partial charge in [-0.3, -0.25) is 13.9 Å². The van der Waals surface area contributed by atoms with Gasteiger partial charge in [-0.15, -0.1) is 0 Å². The normalized spacial score (nSPS) is 14.5. The minimum atomic E-state index is -3.72. The number of amides is 2. The van der Waals surface area contributed by atoms with Crippen molar-refractivity contribution in [2.75, 3.05) is 17.4 Å². The highest BCUT2D eigenvalue weighted by Crippen LogP contribution is 2.42. The lowest BCUT2D eigenvalue weighted by molar-refractivity contribution is -0.140. The van der Waals surface area contributed by atoms with Gasteiger partial charge in [-0.05, 0) is 43.4 Å². The average molecular weight is 526 g/mol. The Balaban J connectivity index is 1.48. The number of hydrogen-bond acceptors (Lipinski definition) is 4. The Hall–Kier alpha value is -3.46. The van der Waals surface area contributed by atoms with Crippen molar-refractivity contribution in [2.24, 2.45) is 0 Å². The Bertz CT molecular complexity index is 1400. The van der Waals surface area contributed by atoms with Gasteiger partial charge in [0, 0.05) is 37.0 Å². The van der Waals surface area contributed by atoms with Crippen LogP contribution in [-0.2, 0) is 26.2 Å². The number of carbonyl (C=O) groups is 2. The molecule has 1 atom stereocenters. The van der Waals surface area contributed by atoms with Gasteiger partial charge in [0.1, 0.15) is 11.9 Å². The molecular weight excluding hydrogens is 493 g/mol. The number of halogens is 1. The lowest BCUT2D eigenvalue weighted by Gasteiger charge is -2.29. The summed E-state index contributed by atoms with van der Waals surface area (Å²) in [6.07, 6.45) is 2.00. The van der Waals surface area contributed by atoms with Crippen molar-refractivity contribution in [3.05, 3.63) is 72.0 Å². The summed E-state index contributed by atoms with van der Waals surface area (Å²) >= 11 is 0. The summed E-state index contributed by atoms with van der Waals surface area (Å²) in [6.45, 7) is 4.21. The van der Waals surface area contributed by atoms with Gasteiger partial charge in [0.2, 0.25) is 11.8 Å². The number of rotatable bonds is 11. The van der Waals surface area contributed by atoms with Gasteiger partial charge in [0.25, 0.3) is 10.0 Å². The van der Waals surface area contributed by atoms with E-state index in [0.29, 0.717) is 23.2 Å². The second-order valence-corrected chi connectivity index (χ2v) is 11.1. The number of carbonyl (C=O) groups excluding carboxylic acids is 2. The minimum Gasteiger partial charge on any atom is -0.354 e. The highest BCUT2D eigenvalue weighted by Gasteiger charge is 2.35. The average Bonchev–Trinajstić information content (AvgIpc) is 3.11. The SMILES string of the molecule is CCCCNC(=O)[C@@H](C)N(Cc1ccccc1F)C(=O)CCCN1c2cccc3cccc(c23)S1(=O)=O. The zero-order chi connectivity index (χ0) is 26.6. The molecule has 0 saturated heterocycles. The van der Waals surface area contributed by atoms with Gasteiger partial charge in [0.15, 0.2) is 0 Å². The molecule has 2 amide bonds. The van der Waals surface area contributed by atoms with Gasteiger partial charge in [-0.1, -0.05) is 55.8 Å². The van der Waals surface area contributed by atoms with Crippen LogP contribution in [0.25, 0.3) is 10.8 Å². The Morgan fingerprint density at radius 2 is 1.76 bits per heavy atom. The smallest absolute Gasteiger partial charge is 0.265 e. The molecule has 1 N–H and O–H groups in total. The van der Waals surface area contributed by atoms with E-state index in [-0.39, 0.29) is 42.6 Å². The monoisotopic (exact) mass is 525 g/mol. The fourth-order valence-corrected chi connectivity index (χ4v) is 6.39. The van der Waals surface area contributed by atoms with E-state index in [1.807, 2.05) is 25.1 Å². The van der Waals surface area contributed by atoms with Gasteiger partial charge in [0.05, 0.1) is 10.6 Å². The first-order valence-electron chi connectivity index (χ1n) is 12.6. The lowest BCUT2D eigenvalue weighted by atomic mass is 10.1. The van der Waals surface area contributed by atoms with Crippen LogP contribution in [-0.4, -0.2) is 44.3 Å². The molecule has 0 fully saturated rings. The molecule has 4 rings (SSSR count). The van der Waals surface area contributed by atoms with Crippen molar-refractivity contribution in [3.8, 4) is 0 Å². The van der Waals surface area contributed by atoms with Gasteiger partial charge >= 0.3 is 0 Å². The van der Waals surface area contributed by atoms with E-state index in [1.54, 1.807) is 43.3 Å². The lowest BCUT2D eigenvalue weighted by Crippen LogP contribution is -2.48. The van der Waals surface area contributed by atoms with Crippen molar-refractivity contribution in [3.63, 3.8) is 0 Å². The molecule has 0 bridgehead atoms. The van der Waals surface area contributed by atoms with Crippen LogP contribution in [0.4, 0.5) is 10.1 Å². The highest BCUT2D eigenvalue weighted by molar-refractivity contribution is 7.93.